The fraction of sp³-hybridized carbons (Fsp3) is 0.0741. The second-order valence-corrected chi connectivity index (χ2v) is 7.29. The molecule has 7 nitrogen and oxygen atoms in total. The summed E-state index contributed by atoms with van der Waals surface area (Å²) in [7, 11) is 1.62. The van der Waals surface area contributed by atoms with E-state index in [0.29, 0.717) is 18.0 Å². The normalized spacial score (nSPS) is 11.1. The lowest BCUT2D eigenvalue weighted by molar-refractivity contribution is 0.0950. The van der Waals surface area contributed by atoms with Crippen LogP contribution < -0.4 is 14.9 Å². The highest BCUT2D eigenvalue weighted by atomic mass is 16.5. The highest BCUT2D eigenvalue weighted by molar-refractivity contribution is 5.94. The number of ether oxygens (including phenoxy) is 2. The van der Waals surface area contributed by atoms with Gasteiger partial charge in [-0.15, -0.1) is 0 Å². The molecule has 0 bridgehead atoms. The molecule has 4 aromatic rings. The van der Waals surface area contributed by atoms with Crippen molar-refractivity contribution in [1.82, 2.24) is 15.6 Å². The Morgan fingerprint density at radius 1 is 1.03 bits per heavy atom. The zero-order valence-corrected chi connectivity index (χ0v) is 18.6. The monoisotopic (exact) mass is 452 g/mol. The maximum atomic E-state index is 12.4. The number of hydrogen-bond acceptors (Lipinski definition) is 5. The van der Waals surface area contributed by atoms with E-state index in [9.17, 15) is 4.79 Å². The molecule has 0 spiro atoms. The number of rotatable bonds is 9. The standard InChI is InChI=1S/C27H24N4O3/c1-33-26-15-6-5-11-21(26)13-8-16-28-31-27(32)25-18-24(29-30-25)22-12-7-14-23(17-22)34-19-20-9-3-2-4-10-20/h2-18H,19H2,1H3,(H,29,30)(H,31,32)/b13-8-,28-16-. The molecule has 0 aliphatic carbocycles. The number of carbonyl (C=O) groups is 1. The van der Waals surface area contributed by atoms with Crippen LogP contribution in [0.1, 0.15) is 21.6 Å². The van der Waals surface area contributed by atoms with E-state index in [0.717, 1.165) is 28.2 Å². The third-order valence-electron chi connectivity index (χ3n) is 4.94. The van der Waals surface area contributed by atoms with Crippen molar-refractivity contribution in [1.29, 1.82) is 0 Å². The van der Waals surface area contributed by atoms with Gasteiger partial charge in [-0.3, -0.25) is 9.89 Å². The number of carbonyl (C=O) groups excluding carboxylic acids is 1. The van der Waals surface area contributed by atoms with Gasteiger partial charge in [-0.1, -0.05) is 60.7 Å². The maximum Gasteiger partial charge on any atom is 0.289 e. The third-order valence-corrected chi connectivity index (χ3v) is 4.94. The fourth-order valence-corrected chi connectivity index (χ4v) is 3.22. The number of H-pyrrole nitrogens is 1. The van der Waals surface area contributed by atoms with Crippen LogP contribution in [0.5, 0.6) is 11.5 Å². The lowest BCUT2D eigenvalue weighted by Crippen LogP contribution is -2.17. The number of aromatic nitrogens is 2. The first-order chi connectivity index (χ1) is 16.7. The average Bonchev–Trinajstić information content (AvgIpc) is 3.39. The Morgan fingerprint density at radius 3 is 2.71 bits per heavy atom. The maximum absolute atomic E-state index is 12.4. The zero-order chi connectivity index (χ0) is 23.6. The van der Waals surface area contributed by atoms with Crippen LogP contribution in [0.25, 0.3) is 17.3 Å². The van der Waals surface area contributed by atoms with Crippen LogP contribution in [0, 0.1) is 0 Å². The van der Waals surface area contributed by atoms with Crippen molar-refractivity contribution in [2.45, 2.75) is 6.61 Å². The molecule has 0 radical (unpaired) electrons. The second kappa shape index (κ2) is 11.3. The first kappa shape index (κ1) is 22.5. The number of nitrogens with one attached hydrogen (secondary N) is 2. The Kier molecular flexibility index (Phi) is 7.48. The molecule has 1 amide bonds. The van der Waals surface area contributed by atoms with Crippen molar-refractivity contribution in [2.24, 2.45) is 5.10 Å². The van der Waals surface area contributed by atoms with E-state index in [4.69, 9.17) is 9.47 Å². The van der Waals surface area contributed by atoms with Crippen LogP contribution in [0.2, 0.25) is 0 Å². The van der Waals surface area contributed by atoms with Gasteiger partial charge in [-0.25, -0.2) is 5.43 Å². The van der Waals surface area contributed by atoms with Gasteiger partial charge in [0.25, 0.3) is 5.91 Å². The molecule has 0 saturated carbocycles. The summed E-state index contributed by atoms with van der Waals surface area (Å²) in [6.45, 7) is 0.474. The summed E-state index contributed by atoms with van der Waals surface area (Å²) in [5.41, 5.74) is 6.26. The van der Waals surface area contributed by atoms with Crippen molar-refractivity contribution in [3.63, 3.8) is 0 Å². The van der Waals surface area contributed by atoms with Gasteiger partial charge in [-0.2, -0.15) is 10.2 Å². The highest BCUT2D eigenvalue weighted by Crippen LogP contribution is 2.23. The molecule has 34 heavy (non-hydrogen) atoms. The SMILES string of the molecule is COc1ccccc1/C=C\C=N/NC(=O)c1cc(-c2cccc(OCc3ccccc3)c2)n[nH]1. The van der Waals surface area contributed by atoms with E-state index in [2.05, 4.69) is 20.7 Å². The minimum absolute atomic E-state index is 0.302. The Hall–Kier alpha value is -4.65. The molecule has 0 unspecified atom stereocenters. The Morgan fingerprint density at radius 2 is 1.85 bits per heavy atom. The van der Waals surface area contributed by atoms with E-state index >= 15 is 0 Å². The lowest BCUT2D eigenvalue weighted by Gasteiger charge is -2.07. The van der Waals surface area contributed by atoms with Gasteiger partial charge in [0.15, 0.2) is 0 Å². The van der Waals surface area contributed by atoms with Gasteiger partial charge in [-0.05, 0) is 42.0 Å². The zero-order valence-electron chi connectivity index (χ0n) is 18.6. The minimum atomic E-state index is -0.392. The van der Waals surface area contributed by atoms with Gasteiger partial charge in [0.2, 0.25) is 0 Å². The van der Waals surface area contributed by atoms with Gasteiger partial charge in [0.05, 0.1) is 12.8 Å². The molecule has 1 heterocycles. The summed E-state index contributed by atoms with van der Waals surface area (Å²) in [5.74, 6) is 1.09. The van der Waals surface area contributed by atoms with Crippen LogP contribution >= 0.6 is 0 Å². The molecular formula is C27H24N4O3. The molecule has 3 aromatic carbocycles. The number of allylic oxidation sites excluding steroid dienone is 1. The van der Waals surface area contributed by atoms with Crippen LogP contribution in [0.3, 0.4) is 0 Å². The van der Waals surface area contributed by atoms with Crippen LogP contribution in [0.4, 0.5) is 0 Å². The number of hydrazone groups is 1. The quantitative estimate of drug-likeness (QED) is 0.273. The smallest absolute Gasteiger partial charge is 0.289 e. The van der Waals surface area contributed by atoms with E-state index in [1.54, 1.807) is 19.3 Å². The summed E-state index contributed by atoms with van der Waals surface area (Å²) in [5, 5.41) is 10.9. The predicted octanol–water partition coefficient (Wildman–Crippen LogP) is 5.09. The van der Waals surface area contributed by atoms with Gasteiger partial charge in [0.1, 0.15) is 23.8 Å². The number of nitrogens with zero attached hydrogens (tertiary/aromatic N) is 2. The number of aromatic amines is 1. The van der Waals surface area contributed by atoms with Crippen molar-refractivity contribution in [2.75, 3.05) is 7.11 Å². The Bertz CT molecular complexity index is 1300. The topological polar surface area (TPSA) is 88.6 Å². The first-order valence-corrected chi connectivity index (χ1v) is 10.7. The second-order valence-electron chi connectivity index (χ2n) is 7.29. The van der Waals surface area contributed by atoms with E-state index in [1.807, 2.05) is 84.9 Å². The van der Waals surface area contributed by atoms with Gasteiger partial charge < -0.3 is 9.47 Å². The summed E-state index contributed by atoms with van der Waals surface area (Å²) >= 11 is 0. The summed E-state index contributed by atoms with van der Waals surface area (Å²) in [6.07, 6.45) is 5.06. The molecule has 1 aromatic heterocycles. The van der Waals surface area contributed by atoms with E-state index < -0.39 is 5.91 Å². The molecule has 2 N–H and O–H groups in total. The molecule has 0 saturated heterocycles. The highest BCUT2D eigenvalue weighted by Gasteiger charge is 2.11. The Balaban J connectivity index is 1.34. The predicted molar refractivity (Wildman–Crippen MR) is 133 cm³/mol. The largest absolute Gasteiger partial charge is 0.496 e. The van der Waals surface area contributed by atoms with Gasteiger partial charge in [0, 0.05) is 17.3 Å². The summed E-state index contributed by atoms with van der Waals surface area (Å²) in [4.78, 5) is 12.4. The molecule has 0 aliphatic rings. The van der Waals surface area contributed by atoms with E-state index in [-0.39, 0.29) is 0 Å². The van der Waals surface area contributed by atoms with Crippen LogP contribution in [-0.2, 0) is 6.61 Å². The van der Waals surface area contributed by atoms with E-state index in [1.165, 1.54) is 6.21 Å². The summed E-state index contributed by atoms with van der Waals surface area (Å²) < 4.78 is 11.2. The molecule has 0 fully saturated rings. The number of para-hydroxylation sites is 1. The number of hydrogen-bond donors (Lipinski definition) is 2. The number of methoxy groups -OCH3 is 1. The fourth-order valence-electron chi connectivity index (χ4n) is 3.22. The number of benzene rings is 3. The number of amides is 1. The molecule has 4 rings (SSSR count). The van der Waals surface area contributed by atoms with Crippen LogP contribution in [-0.4, -0.2) is 29.4 Å². The molecule has 0 aliphatic heterocycles. The molecule has 170 valence electrons. The minimum Gasteiger partial charge on any atom is -0.496 e. The van der Waals surface area contributed by atoms with Crippen molar-refractivity contribution in [3.05, 3.63) is 108 Å². The third kappa shape index (κ3) is 5.98. The Labute approximate surface area is 197 Å². The lowest BCUT2D eigenvalue weighted by atomic mass is 10.1. The first-order valence-electron chi connectivity index (χ1n) is 10.7. The molecule has 0 atom stereocenters. The van der Waals surface area contributed by atoms with Crippen molar-refractivity contribution < 1.29 is 14.3 Å². The van der Waals surface area contributed by atoms with Gasteiger partial charge >= 0.3 is 0 Å². The molecular weight excluding hydrogens is 428 g/mol. The van der Waals surface area contributed by atoms with Crippen molar-refractivity contribution >= 4 is 18.2 Å². The summed E-state index contributed by atoms with van der Waals surface area (Å²) in [6, 6.07) is 26.8. The molecule has 7 heteroatoms. The van der Waals surface area contributed by atoms with Crippen molar-refractivity contribution in [3.8, 4) is 22.8 Å². The van der Waals surface area contributed by atoms with Crippen LogP contribution in [0.15, 0.2) is 96.1 Å². The average molecular weight is 453 g/mol.